The van der Waals surface area contributed by atoms with Gasteiger partial charge in [-0.3, -0.25) is 9.59 Å². The van der Waals surface area contributed by atoms with E-state index >= 15 is 0 Å². The van der Waals surface area contributed by atoms with E-state index in [-0.39, 0.29) is 16.7 Å². The summed E-state index contributed by atoms with van der Waals surface area (Å²) in [5, 5.41) is 7.12. The van der Waals surface area contributed by atoms with Crippen LogP contribution in [0, 0.1) is 16.7 Å². The van der Waals surface area contributed by atoms with Crippen LogP contribution in [-0.4, -0.2) is 89.6 Å². The van der Waals surface area contributed by atoms with Crippen LogP contribution in [-0.2, 0) is 14.4 Å². The summed E-state index contributed by atoms with van der Waals surface area (Å²) in [5.74, 6) is -1.37. The standard InChI is InChI=1S/C19H31N3O2.C2HF3O2/c1-3-21-11-8-19(17(21)24)14-22(15(2)23)13-18(19)6-9-20(10-7-18)12-16-4-5-16;3-2(4,5)1(6)7/h16H,3-14H2,1-2H3;(H,6,7). The maximum absolute atomic E-state index is 13.2. The average molecular weight is 447 g/mol. The molecule has 3 heterocycles. The van der Waals surface area contributed by atoms with Gasteiger partial charge in [-0.05, 0) is 58.0 Å². The molecule has 3 aliphatic heterocycles. The van der Waals surface area contributed by atoms with Crippen molar-refractivity contribution >= 4 is 17.8 Å². The molecule has 3 saturated heterocycles. The lowest BCUT2D eigenvalue weighted by atomic mass is 9.60. The highest BCUT2D eigenvalue weighted by Gasteiger charge is 2.65. The largest absolute Gasteiger partial charge is 0.490 e. The first kappa shape index (κ1) is 23.8. The molecule has 1 N–H and O–H groups in total. The average Bonchev–Trinajstić information content (AvgIpc) is 3.37. The van der Waals surface area contributed by atoms with Crippen molar-refractivity contribution < 1.29 is 32.7 Å². The minimum atomic E-state index is -5.08. The molecule has 1 atom stereocenters. The van der Waals surface area contributed by atoms with Crippen molar-refractivity contribution in [1.82, 2.24) is 14.7 Å². The molecule has 176 valence electrons. The van der Waals surface area contributed by atoms with Gasteiger partial charge in [-0.25, -0.2) is 4.79 Å². The Morgan fingerprint density at radius 3 is 2.10 bits per heavy atom. The quantitative estimate of drug-likeness (QED) is 0.718. The van der Waals surface area contributed by atoms with Gasteiger partial charge in [-0.2, -0.15) is 13.2 Å². The monoisotopic (exact) mass is 447 g/mol. The number of rotatable bonds is 3. The summed E-state index contributed by atoms with van der Waals surface area (Å²) >= 11 is 0. The Kier molecular flexibility index (Phi) is 6.60. The van der Waals surface area contributed by atoms with E-state index in [1.807, 2.05) is 9.80 Å². The van der Waals surface area contributed by atoms with Gasteiger partial charge in [0.05, 0.1) is 5.41 Å². The number of alkyl halides is 3. The number of nitrogens with zero attached hydrogens (tertiary/aromatic N) is 3. The third kappa shape index (κ3) is 4.68. The van der Waals surface area contributed by atoms with Crippen LogP contribution in [0.4, 0.5) is 13.2 Å². The van der Waals surface area contributed by atoms with Gasteiger partial charge in [0, 0.05) is 45.1 Å². The molecule has 10 heteroatoms. The molecule has 0 aromatic rings. The van der Waals surface area contributed by atoms with E-state index in [2.05, 4.69) is 11.8 Å². The summed E-state index contributed by atoms with van der Waals surface area (Å²) in [4.78, 5) is 40.8. The van der Waals surface area contributed by atoms with E-state index in [4.69, 9.17) is 9.90 Å². The van der Waals surface area contributed by atoms with Gasteiger partial charge in [0.1, 0.15) is 0 Å². The van der Waals surface area contributed by atoms with Gasteiger partial charge in [0.15, 0.2) is 0 Å². The Balaban J connectivity index is 0.000000339. The molecule has 2 amide bonds. The van der Waals surface area contributed by atoms with Crippen LogP contribution >= 0.6 is 0 Å². The number of hydrogen-bond donors (Lipinski definition) is 1. The molecule has 1 saturated carbocycles. The maximum atomic E-state index is 13.2. The van der Waals surface area contributed by atoms with E-state index in [1.165, 1.54) is 19.4 Å². The summed E-state index contributed by atoms with van der Waals surface area (Å²) in [7, 11) is 0. The smallest absolute Gasteiger partial charge is 0.475 e. The zero-order chi connectivity index (χ0) is 23.0. The number of carbonyl (C=O) groups excluding carboxylic acids is 2. The van der Waals surface area contributed by atoms with Crippen LogP contribution in [0.15, 0.2) is 0 Å². The lowest BCUT2D eigenvalue weighted by Crippen LogP contribution is -2.53. The van der Waals surface area contributed by atoms with Gasteiger partial charge in [-0.1, -0.05) is 0 Å². The van der Waals surface area contributed by atoms with Crippen LogP contribution in [0.25, 0.3) is 0 Å². The molecular formula is C21H32F3N3O4. The zero-order valence-corrected chi connectivity index (χ0v) is 18.2. The Bertz CT molecular complexity index is 717. The molecule has 0 aromatic heterocycles. The van der Waals surface area contributed by atoms with Gasteiger partial charge in [0.25, 0.3) is 0 Å². The number of amides is 2. The summed E-state index contributed by atoms with van der Waals surface area (Å²) in [6, 6.07) is 0. The number of halogens is 3. The van der Waals surface area contributed by atoms with Crippen LogP contribution in [0.2, 0.25) is 0 Å². The number of aliphatic carboxylic acids is 1. The highest BCUT2D eigenvalue weighted by atomic mass is 19.4. The molecule has 4 fully saturated rings. The Labute approximate surface area is 180 Å². The molecule has 1 unspecified atom stereocenters. The topological polar surface area (TPSA) is 81.2 Å². The van der Waals surface area contributed by atoms with Gasteiger partial charge < -0.3 is 19.8 Å². The molecule has 31 heavy (non-hydrogen) atoms. The second-order valence-corrected chi connectivity index (χ2v) is 9.42. The third-order valence-corrected chi connectivity index (χ3v) is 7.57. The van der Waals surface area contributed by atoms with Crippen molar-refractivity contribution in [3.05, 3.63) is 0 Å². The lowest BCUT2D eigenvalue weighted by molar-refractivity contribution is -0.192. The molecule has 4 aliphatic rings. The summed E-state index contributed by atoms with van der Waals surface area (Å²) in [6.45, 7) is 10.3. The minimum absolute atomic E-state index is 0.0136. The molecular weight excluding hydrogens is 415 g/mol. The van der Waals surface area contributed by atoms with Crippen molar-refractivity contribution in [3.63, 3.8) is 0 Å². The van der Waals surface area contributed by atoms with Gasteiger partial charge in [-0.15, -0.1) is 0 Å². The summed E-state index contributed by atoms with van der Waals surface area (Å²) < 4.78 is 31.7. The molecule has 2 spiro atoms. The number of fused-ring (bicyclic) bond motifs is 1. The Morgan fingerprint density at radius 2 is 1.68 bits per heavy atom. The van der Waals surface area contributed by atoms with Crippen LogP contribution < -0.4 is 0 Å². The SMILES string of the molecule is CCN1CCC2(CN(C(C)=O)CC23CCN(CC2CC2)CC3)C1=O.O=C(O)C(F)(F)F. The zero-order valence-electron chi connectivity index (χ0n) is 18.2. The fraction of sp³-hybridized carbons (Fsp3) is 0.857. The number of hydrogen-bond acceptors (Lipinski definition) is 4. The van der Waals surface area contributed by atoms with Crippen molar-refractivity contribution in [3.8, 4) is 0 Å². The molecule has 0 bridgehead atoms. The van der Waals surface area contributed by atoms with E-state index in [0.717, 1.165) is 57.9 Å². The first-order valence-corrected chi connectivity index (χ1v) is 11.0. The van der Waals surface area contributed by atoms with Crippen molar-refractivity contribution in [2.75, 3.05) is 45.8 Å². The number of piperidine rings is 1. The van der Waals surface area contributed by atoms with Gasteiger partial charge >= 0.3 is 12.1 Å². The molecule has 0 radical (unpaired) electrons. The third-order valence-electron chi connectivity index (χ3n) is 7.57. The molecule has 4 rings (SSSR count). The maximum Gasteiger partial charge on any atom is 0.490 e. The number of carboxylic acid groups (broad SMARTS) is 1. The summed E-state index contributed by atoms with van der Waals surface area (Å²) in [6.07, 6.45) is 0.799. The van der Waals surface area contributed by atoms with Crippen molar-refractivity contribution in [2.45, 2.75) is 52.1 Å². The normalized spacial score (nSPS) is 28.2. The summed E-state index contributed by atoms with van der Waals surface area (Å²) in [5.41, 5.74) is -0.292. The lowest BCUT2D eigenvalue weighted by Gasteiger charge is -2.46. The number of carboxylic acids is 1. The fourth-order valence-corrected chi connectivity index (χ4v) is 5.53. The minimum Gasteiger partial charge on any atom is -0.475 e. The predicted octanol–water partition coefficient (Wildman–Crippen LogP) is 2.21. The number of likely N-dealkylation sites (tertiary alicyclic amines) is 3. The van der Waals surface area contributed by atoms with E-state index in [1.54, 1.807) is 6.92 Å². The Hall–Kier alpha value is -1.84. The second kappa shape index (κ2) is 8.60. The van der Waals surface area contributed by atoms with Crippen molar-refractivity contribution in [1.29, 1.82) is 0 Å². The first-order chi connectivity index (χ1) is 14.4. The van der Waals surface area contributed by atoms with Crippen LogP contribution in [0.3, 0.4) is 0 Å². The van der Waals surface area contributed by atoms with Crippen molar-refractivity contribution in [2.24, 2.45) is 16.7 Å². The molecule has 7 nitrogen and oxygen atoms in total. The first-order valence-electron chi connectivity index (χ1n) is 11.0. The fourth-order valence-electron chi connectivity index (χ4n) is 5.53. The van der Waals surface area contributed by atoms with Gasteiger partial charge in [0.2, 0.25) is 11.8 Å². The molecule has 1 aliphatic carbocycles. The van der Waals surface area contributed by atoms with E-state index in [0.29, 0.717) is 12.5 Å². The van der Waals surface area contributed by atoms with E-state index < -0.39 is 12.1 Å². The molecule has 0 aromatic carbocycles. The predicted molar refractivity (Wildman–Crippen MR) is 106 cm³/mol. The highest BCUT2D eigenvalue weighted by Crippen LogP contribution is 2.58. The second-order valence-electron chi connectivity index (χ2n) is 9.42. The number of carbonyl (C=O) groups is 3. The van der Waals surface area contributed by atoms with E-state index in [9.17, 15) is 22.8 Å². The highest BCUT2D eigenvalue weighted by molar-refractivity contribution is 5.88. The Morgan fingerprint density at radius 1 is 1.10 bits per heavy atom. The van der Waals surface area contributed by atoms with Crippen LogP contribution in [0.1, 0.15) is 46.0 Å². The van der Waals surface area contributed by atoms with Crippen LogP contribution in [0.5, 0.6) is 0 Å².